The number of rotatable bonds is 8. The molecule has 1 aromatic rings. The largest absolute Gasteiger partial charge is 0.352 e. The first-order chi connectivity index (χ1) is 14.8. The highest BCUT2D eigenvalue weighted by Crippen LogP contribution is 2.41. The van der Waals surface area contributed by atoms with Crippen LogP contribution in [0.5, 0.6) is 0 Å². The molecule has 1 aromatic carbocycles. The molecule has 3 rings (SSSR count). The minimum absolute atomic E-state index is 0.0110. The SMILES string of the molecule is C=CCCC(NC(C)=O)(C(=O)NC(C)C)C1CCN(C2CCCc3cc(Cl)ccc32)C1. The van der Waals surface area contributed by atoms with Crippen LogP contribution < -0.4 is 10.6 Å². The van der Waals surface area contributed by atoms with E-state index in [1.54, 1.807) is 0 Å². The number of carbonyl (C=O) groups is 2. The summed E-state index contributed by atoms with van der Waals surface area (Å²) < 4.78 is 0. The van der Waals surface area contributed by atoms with Crippen molar-refractivity contribution in [3.63, 3.8) is 0 Å². The van der Waals surface area contributed by atoms with E-state index in [2.05, 4.69) is 34.2 Å². The van der Waals surface area contributed by atoms with Crippen molar-refractivity contribution in [2.24, 2.45) is 5.92 Å². The molecule has 1 aliphatic heterocycles. The molecule has 1 aliphatic carbocycles. The number of hydrogen-bond donors (Lipinski definition) is 2. The molecule has 1 fully saturated rings. The Hall–Kier alpha value is -1.85. The topological polar surface area (TPSA) is 61.4 Å². The van der Waals surface area contributed by atoms with Crippen LogP contribution in [0.4, 0.5) is 0 Å². The Balaban J connectivity index is 1.87. The molecule has 0 radical (unpaired) electrons. The van der Waals surface area contributed by atoms with E-state index in [0.29, 0.717) is 18.9 Å². The Morgan fingerprint density at radius 3 is 2.81 bits per heavy atom. The van der Waals surface area contributed by atoms with Gasteiger partial charge < -0.3 is 10.6 Å². The Kier molecular flexibility index (Phi) is 7.82. The van der Waals surface area contributed by atoms with E-state index in [1.165, 1.54) is 18.1 Å². The van der Waals surface area contributed by atoms with Crippen LogP contribution in [0.25, 0.3) is 0 Å². The number of benzene rings is 1. The number of fused-ring (bicyclic) bond motifs is 1. The molecular weight excluding hydrogens is 410 g/mol. The smallest absolute Gasteiger partial charge is 0.246 e. The van der Waals surface area contributed by atoms with Gasteiger partial charge in [-0.15, -0.1) is 6.58 Å². The number of nitrogens with one attached hydrogen (secondary N) is 2. The van der Waals surface area contributed by atoms with Gasteiger partial charge in [-0.25, -0.2) is 0 Å². The first-order valence-corrected chi connectivity index (χ1v) is 11.9. The van der Waals surface area contributed by atoms with Gasteiger partial charge in [-0.2, -0.15) is 0 Å². The second-order valence-corrected chi connectivity index (χ2v) is 9.78. The predicted molar refractivity (Wildman–Crippen MR) is 126 cm³/mol. The van der Waals surface area contributed by atoms with Gasteiger partial charge >= 0.3 is 0 Å². The van der Waals surface area contributed by atoms with Crippen LogP contribution in [0.3, 0.4) is 0 Å². The van der Waals surface area contributed by atoms with Crippen molar-refractivity contribution >= 4 is 23.4 Å². The molecule has 0 spiro atoms. The van der Waals surface area contributed by atoms with Crippen molar-refractivity contribution in [1.82, 2.24) is 15.5 Å². The van der Waals surface area contributed by atoms with Crippen LogP contribution in [-0.4, -0.2) is 41.4 Å². The number of halogens is 1. The zero-order chi connectivity index (χ0) is 22.6. The fourth-order valence-electron chi connectivity index (χ4n) is 5.37. The summed E-state index contributed by atoms with van der Waals surface area (Å²) in [6.07, 6.45) is 7.25. The number of allylic oxidation sites excluding steroid dienone is 1. The molecule has 31 heavy (non-hydrogen) atoms. The highest BCUT2D eigenvalue weighted by atomic mass is 35.5. The third-order valence-electron chi connectivity index (χ3n) is 6.71. The van der Waals surface area contributed by atoms with E-state index in [1.807, 2.05) is 26.0 Å². The van der Waals surface area contributed by atoms with Gasteiger partial charge in [0, 0.05) is 36.5 Å². The summed E-state index contributed by atoms with van der Waals surface area (Å²) in [6, 6.07) is 6.59. The highest BCUT2D eigenvalue weighted by Gasteiger charge is 2.49. The van der Waals surface area contributed by atoms with Crippen molar-refractivity contribution in [1.29, 1.82) is 0 Å². The summed E-state index contributed by atoms with van der Waals surface area (Å²) >= 11 is 6.23. The Morgan fingerprint density at radius 1 is 1.35 bits per heavy atom. The van der Waals surface area contributed by atoms with Gasteiger partial charge in [0.1, 0.15) is 5.54 Å². The molecule has 2 N–H and O–H groups in total. The highest BCUT2D eigenvalue weighted by molar-refractivity contribution is 6.30. The molecule has 5 nitrogen and oxygen atoms in total. The van der Waals surface area contributed by atoms with Gasteiger partial charge in [-0.1, -0.05) is 23.7 Å². The summed E-state index contributed by atoms with van der Waals surface area (Å²) in [5, 5.41) is 6.94. The van der Waals surface area contributed by atoms with Gasteiger partial charge in [-0.05, 0) is 82.2 Å². The predicted octanol–water partition coefficient (Wildman–Crippen LogP) is 4.41. The lowest BCUT2D eigenvalue weighted by molar-refractivity contribution is -0.136. The molecular formula is C25H36ClN3O2. The number of likely N-dealkylation sites (tertiary alicyclic amines) is 1. The lowest BCUT2D eigenvalue weighted by Gasteiger charge is -2.40. The average Bonchev–Trinajstić information content (AvgIpc) is 3.20. The van der Waals surface area contributed by atoms with Crippen molar-refractivity contribution < 1.29 is 9.59 Å². The van der Waals surface area contributed by atoms with Crippen molar-refractivity contribution in [2.45, 2.75) is 76.9 Å². The fraction of sp³-hybridized carbons (Fsp3) is 0.600. The monoisotopic (exact) mass is 445 g/mol. The fourth-order valence-corrected chi connectivity index (χ4v) is 5.56. The molecule has 3 atom stereocenters. The molecule has 1 heterocycles. The number of carbonyl (C=O) groups excluding carboxylic acids is 2. The summed E-state index contributed by atoms with van der Waals surface area (Å²) in [5.41, 5.74) is 1.78. The van der Waals surface area contributed by atoms with E-state index in [9.17, 15) is 9.59 Å². The summed E-state index contributed by atoms with van der Waals surface area (Å²) in [5.74, 6) is -0.200. The third-order valence-corrected chi connectivity index (χ3v) is 6.95. The lowest BCUT2D eigenvalue weighted by atomic mass is 9.78. The van der Waals surface area contributed by atoms with E-state index in [4.69, 9.17) is 11.6 Å². The number of amides is 2. The molecule has 1 saturated heterocycles. The van der Waals surface area contributed by atoms with Crippen molar-refractivity contribution in [3.05, 3.63) is 47.0 Å². The molecule has 0 bridgehead atoms. The first kappa shape index (κ1) is 23.8. The number of aryl methyl sites for hydroxylation is 1. The normalized spacial score (nSPS) is 23.1. The lowest BCUT2D eigenvalue weighted by Crippen LogP contribution is -2.64. The molecule has 170 valence electrons. The zero-order valence-electron chi connectivity index (χ0n) is 19.0. The Labute approximate surface area is 191 Å². The quantitative estimate of drug-likeness (QED) is 0.583. The maximum Gasteiger partial charge on any atom is 0.246 e. The van der Waals surface area contributed by atoms with Gasteiger partial charge in [0.05, 0.1) is 0 Å². The van der Waals surface area contributed by atoms with Crippen molar-refractivity contribution in [2.75, 3.05) is 13.1 Å². The van der Waals surface area contributed by atoms with Crippen LogP contribution in [0.1, 0.15) is 70.0 Å². The van der Waals surface area contributed by atoms with Crippen LogP contribution >= 0.6 is 11.6 Å². The Morgan fingerprint density at radius 2 is 2.13 bits per heavy atom. The Bertz CT molecular complexity index is 825. The molecule has 0 saturated carbocycles. The second-order valence-electron chi connectivity index (χ2n) is 9.34. The van der Waals surface area contributed by atoms with E-state index in [0.717, 1.165) is 43.8 Å². The van der Waals surface area contributed by atoms with Gasteiger partial charge in [0.15, 0.2) is 0 Å². The number of hydrogen-bond acceptors (Lipinski definition) is 3. The molecule has 6 heteroatoms. The maximum absolute atomic E-state index is 13.4. The average molecular weight is 446 g/mol. The van der Waals surface area contributed by atoms with Gasteiger partial charge in [-0.3, -0.25) is 14.5 Å². The third kappa shape index (κ3) is 5.32. The van der Waals surface area contributed by atoms with E-state index < -0.39 is 5.54 Å². The van der Waals surface area contributed by atoms with E-state index >= 15 is 0 Å². The van der Waals surface area contributed by atoms with Crippen molar-refractivity contribution in [3.8, 4) is 0 Å². The molecule has 2 aliphatic rings. The standard InChI is InChI=1S/C25H36ClN3O2/c1-5-6-13-25(28-18(4)30,24(31)27-17(2)3)20-12-14-29(16-20)23-9-7-8-19-15-21(26)10-11-22(19)23/h5,10-11,15,17,20,23H,1,6-9,12-14,16H2,2-4H3,(H,27,31)(H,28,30). The first-order valence-electron chi connectivity index (χ1n) is 11.5. The zero-order valence-corrected chi connectivity index (χ0v) is 19.8. The maximum atomic E-state index is 13.4. The minimum atomic E-state index is -0.920. The van der Waals surface area contributed by atoms with Crippen LogP contribution in [0.15, 0.2) is 30.9 Å². The van der Waals surface area contributed by atoms with Gasteiger partial charge in [0.25, 0.3) is 0 Å². The van der Waals surface area contributed by atoms with Crippen LogP contribution in [-0.2, 0) is 16.0 Å². The molecule has 0 aromatic heterocycles. The summed E-state index contributed by atoms with van der Waals surface area (Å²) in [4.78, 5) is 28.1. The second kappa shape index (κ2) is 10.2. The summed E-state index contributed by atoms with van der Waals surface area (Å²) in [7, 11) is 0. The van der Waals surface area contributed by atoms with Crippen LogP contribution in [0.2, 0.25) is 5.02 Å². The summed E-state index contributed by atoms with van der Waals surface area (Å²) in [6.45, 7) is 11.0. The molecule has 3 unspecified atom stereocenters. The molecule has 2 amide bonds. The van der Waals surface area contributed by atoms with E-state index in [-0.39, 0.29) is 23.8 Å². The minimum Gasteiger partial charge on any atom is -0.352 e. The number of nitrogens with zero attached hydrogens (tertiary/aromatic N) is 1. The van der Waals surface area contributed by atoms with Crippen LogP contribution in [0, 0.1) is 5.92 Å². The van der Waals surface area contributed by atoms with Gasteiger partial charge in [0.2, 0.25) is 11.8 Å².